The second-order valence-electron chi connectivity index (χ2n) is 8.56. The van der Waals surface area contributed by atoms with Crippen molar-refractivity contribution in [1.82, 2.24) is 9.97 Å². The fourth-order valence-corrected chi connectivity index (χ4v) is 5.90. The van der Waals surface area contributed by atoms with Gasteiger partial charge in [0.2, 0.25) is 11.8 Å². The third-order valence-electron chi connectivity index (χ3n) is 6.30. The van der Waals surface area contributed by atoms with Crippen LogP contribution in [-0.2, 0) is 24.1 Å². The Labute approximate surface area is 201 Å². The molecule has 0 bridgehead atoms. The van der Waals surface area contributed by atoms with E-state index in [0.717, 1.165) is 45.1 Å². The van der Waals surface area contributed by atoms with E-state index in [4.69, 9.17) is 4.74 Å². The maximum Gasteiger partial charge on any atom is 0.231 e. The van der Waals surface area contributed by atoms with E-state index >= 15 is 0 Å². The Morgan fingerprint density at radius 1 is 0.941 bits per heavy atom. The minimum atomic E-state index is -0.0487. The largest absolute Gasteiger partial charge is 0.438 e. The summed E-state index contributed by atoms with van der Waals surface area (Å²) in [5, 5.41) is 6.29. The van der Waals surface area contributed by atoms with E-state index in [1.165, 1.54) is 23.3 Å². The molecule has 0 saturated carbocycles. The Hall–Kier alpha value is -3.77. The molecule has 0 atom stereocenters. The van der Waals surface area contributed by atoms with Gasteiger partial charge >= 0.3 is 0 Å². The Kier molecular flexibility index (Phi) is 5.43. The second-order valence-corrected chi connectivity index (χ2v) is 9.64. The number of anilines is 1. The number of carbonyl (C=O) groups is 1. The van der Waals surface area contributed by atoms with E-state index in [1.807, 2.05) is 48.5 Å². The fraction of sp³-hybridized carbons (Fsp3) is 0.179. The van der Waals surface area contributed by atoms with Crippen LogP contribution in [0.1, 0.15) is 28.8 Å². The number of nitrogens with zero attached hydrogens (tertiary/aromatic N) is 2. The Balaban J connectivity index is 1.17. The number of nitrogens with one attached hydrogen (secondary N) is 1. The monoisotopic (exact) mass is 465 g/mol. The summed E-state index contributed by atoms with van der Waals surface area (Å²) >= 11 is 1.76. The molecular formula is C28H23N3O2S. The van der Waals surface area contributed by atoms with Gasteiger partial charge in [-0.1, -0.05) is 42.5 Å². The van der Waals surface area contributed by atoms with E-state index in [1.54, 1.807) is 17.7 Å². The predicted molar refractivity (Wildman–Crippen MR) is 137 cm³/mol. The van der Waals surface area contributed by atoms with Crippen LogP contribution in [0.2, 0.25) is 0 Å². The summed E-state index contributed by atoms with van der Waals surface area (Å²) in [6, 6.07) is 21.6. The van der Waals surface area contributed by atoms with Gasteiger partial charge in [0.1, 0.15) is 16.9 Å². The van der Waals surface area contributed by atoms with Gasteiger partial charge in [-0.15, -0.1) is 11.3 Å². The van der Waals surface area contributed by atoms with Crippen LogP contribution in [0.5, 0.6) is 11.6 Å². The topological polar surface area (TPSA) is 64.1 Å². The third kappa shape index (κ3) is 4.01. The van der Waals surface area contributed by atoms with Gasteiger partial charge in [0.25, 0.3) is 0 Å². The van der Waals surface area contributed by atoms with E-state index in [9.17, 15) is 4.79 Å². The standard InChI is InChI=1S/C28H23N3O2S/c32-25(16-19-8-5-7-18-6-1-2-9-22(18)19)31-20-12-14-21(15-13-20)33-27-26-23-10-3-4-11-24(23)34-28(26)30-17-29-27/h1-2,5-9,12-15,17H,3-4,10-11,16H2,(H,31,32). The molecule has 0 radical (unpaired) electrons. The van der Waals surface area contributed by atoms with Crippen LogP contribution < -0.4 is 10.1 Å². The summed E-state index contributed by atoms with van der Waals surface area (Å²) in [7, 11) is 0. The molecule has 0 aliphatic heterocycles. The molecule has 2 heterocycles. The lowest BCUT2D eigenvalue weighted by Gasteiger charge is -2.12. The molecule has 0 spiro atoms. The van der Waals surface area contributed by atoms with Gasteiger partial charge in [-0.3, -0.25) is 4.79 Å². The van der Waals surface area contributed by atoms with E-state index in [0.29, 0.717) is 18.1 Å². The van der Waals surface area contributed by atoms with Crippen molar-refractivity contribution in [2.45, 2.75) is 32.1 Å². The van der Waals surface area contributed by atoms with Gasteiger partial charge in [-0.2, -0.15) is 0 Å². The number of aromatic nitrogens is 2. The molecule has 2 aromatic heterocycles. The molecule has 6 rings (SSSR count). The summed E-state index contributed by atoms with van der Waals surface area (Å²) in [4.78, 5) is 24.0. The Morgan fingerprint density at radius 3 is 2.68 bits per heavy atom. The van der Waals surface area contributed by atoms with Gasteiger partial charge in [0, 0.05) is 10.6 Å². The van der Waals surface area contributed by atoms with E-state index < -0.39 is 0 Å². The Morgan fingerprint density at radius 2 is 1.76 bits per heavy atom. The van der Waals surface area contributed by atoms with Crippen LogP contribution in [0.25, 0.3) is 21.0 Å². The molecule has 168 valence electrons. The highest BCUT2D eigenvalue weighted by molar-refractivity contribution is 7.18. The molecule has 1 N–H and O–H groups in total. The molecule has 0 unspecified atom stereocenters. The maximum atomic E-state index is 12.7. The van der Waals surface area contributed by atoms with Gasteiger partial charge in [0.05, 0.1) is 11.8 Å². The molecule has 6 heteroatoms. The molecule has 3 aromatic carbocycles. The molecule has 5 aromatic rings. The zero-order valence-corrected chi connectivity index (χ0v) is 19.4. The number of carbonyl (C=O) groups excluding carboxylic acids is 1. The van der Waals surface area contributed by atoms with Crippen molar-refractivity contribution >= 4 is 43.9 Å². The number of benzene rings is 3. The zero-order valence-electron chi connectivity index (χ0n) is 18.6. The first-order valence-electron chi connectivity index (χ1n) is 11.5. The molecule has 1 aliphatic rings. The number of rotatable bonds is 5. The maximum absolute atomic E-state index is 12.7. The predicted octanol–water partition coefficient (Wildman–Crippen LogP) is 6.70. The number of fused-ring (bicyclic) bond motifs is 4. The van der Waals surface area contributed by atoms with E-state index in [2.05, 4.69) is 33.5 Å². The first kappa shape index (κ1) is 20.8. The SMILES string of the molecule is O=C(Cc1cccc2ccccc12)Nc1ccc(Oc2ncnc3sc4c(c23)CCCC4)cc1. The molecule has 0 fully saturated rings. The minimum absolute atomic E-state index is 0.0487. The van der Waals surface area contributed by atoms with Crippen LogP contribution in [0.4, 0.5) is 5.69 Å². The molecule has 34 heavy (non-hydrogen) atoms. The highest BCUT2D eigenvalue weighted by atomic mass is 32.1. The lowest BCUT2D eigenvalue weighted by molar-refractivity contribution is -0.115. The molecule has 0 saturated heterocycles. The van der Waals surface area contributed by atoms with Crippen molar-refractivity contribution in [2.75, 3.05) is 5.32 Å². The number of aryl methyl sites for hydroxylation is 2. The first-order valence-corrected chi connectivity index (χ1v) is 12.4. The summed E-state index contributed by atoms with van der Waals surface area (Å²) < 4.78 is 6.16. The summed E-state index contributed by atoms with van der Waals surface area (Å²) in [5.74, 6) is 1.24. The van der Waals surface area contributed by atoms with Crippen molar-refractivity contribution in [3.63, 3.8) is 0 Å². The molecule has 1 amide bonds. The highest BCUT2D eigenvalue weighted by Gasteiger charge is 2.21. The van der Waals surface area contributed by atoms with Crippen molar-refractivity contribution in [3.8, 4) is 11.6 Å². The number of hydrogen-bond acceptors (Lipinski definition) is 5. The number of thiophene rings is 1. The lowest BCUT2D eigenvalue weighted by atomic mass is 9.97. The van der Waals surface area contributed by atoms with E-state index in [-0.39, 0.29) is 5.91 Å². The van der Waals surface area contributed by atoms with Crippen molar-refractivity contribution < 1.29 is 9.53 Å². The average molecular weight is 466 g/mol. The van der Waals surface area contributed by atoms with Crippen LogP contribution in [-0.4, -0.2) is 15.9 Å². The van der Waals surface area contributed by atoms with Gasteiger partial charge in [-0.25, -0.2) is 9.97 Å². The van der Waals surface area contributed by atoms with Crippen molar-refractivity contribution in [3.05, 3.63) is 89.1 Å². The van der Waals surface area contributed by atoms with Gasteiger partial charge in [0.15, 0.2) is 0 Å². The third-order valence-corrected chi connectivity index (χ3v) is 7.50. The normalized spacial score (nSPS) is 13.1. The van der Waals surface area contributed by atoms with Crippen LogP contribution in [0.15, 0.2) is 73.1 Å². The number of hydrogen-bond donors (Lipinski definition) is 1. The lowest BCUT2D eigenvalue weighted by Crippen LogP contribution is -2.14. The van der Waals surface area contributed by atoms with Crippen molar-refractivity contribution in [1.29, 1.82) is 0 Å². The smallest absolute Gasteiger partial charge is 0.231 e. The number of ether oxygens (including phenoxy) is 1. The molecule has 5 nitrogen and oxygen atoms in total. The fourth-order valence-electron chi connectivity index (χ4n) is 4.68. The van der Waals surface area contributed by atoms with Crippen LogP contribution in [0.3, 0.4) is 0 Å². The Bertz CT molecular complexity index is 1500. The quantitative estimate of drug-likeness (QED) is 0.314. The van der Waals surface area contributed by atoms with Crippen LogP contribution >= 0.6 is 11.3 Å². The highest BCUT2D eigenvalue weighted by Crippen LogP contribution is 2.40. The second kappa shape index (κ2) is 8.88. The van der Waals surface area contributed by atoms with Crippen molar-refractivity contribution in [2.24, 2.45) is 0 Å². The number of amides is 1. The first-order chi connectivity index (χ1) is 16.7. The van der Waals surface area contributed by atoms with Gasteiger partial charge in [-0.05, 0) is 71.8 Å². The zero-order chi connectivity index (χ0) is 22.9. The summed E-state index contributed by atoms with van der Waals surface area (Å²) in [6.45, 7) is 0. The summed E-state index contributed by atoms with van der Waals surface area (Å²) in [6.07, 6.45) is 6.49. The van der Waals surface area contributed by atoms with Crippen LogP contribution in [0, 0.1) is 0 Å². The minimum Gasteiger partial charge on any atom is -0.438 e. The van der Waals surface area contributed by atoms with Gasteiger partial charge < -0.3 is 10.1 Å². The average Bonchev–Trinajstić information content (AvgIpc) is 3.25. The molecule has 1 aliphatic carbocycles. The summed E-state index contributed by atoms with van der Waals surface area (Å²) in [5.41, 5.74) is 3.10. The molecular weight excluding hydrogens is 442 g/mol.